The van der Waals surface area contributed by atoms with E-state index in [4.69, 9.17) is 9.47 Å². The van der Waals surface area contributed by atoms with E-state index in [0.29, 0.717) is 0 Å². The molecule has 0 bridgehead atoms. The van der Waals surface area contributed by atoms with Gasteiger partial charge in [0, 0.05) is 12.5 Å². The first-order valence-corrected chi connectivity index (χ1v) is 5.49. The van der Waals surface area contributed by atoms with Crippen molar-refractivity contribution in [1.29, 1.82) is 0 Å². The lowest BCUT2D eigenvalue weighted by Gasteiger charge is -2.31. The fourth-order valence-corrected chi connectivity index (χ4v) is 1.76. The van der Waals surface area contributed by atoms with E-state index in [1.807, 2.05) is 12.2 Å². The maximum Gasteiger partial charge on any atom is 0.230 e. The van der Waals surface area contributed by atoms with Crippen LogP contribution in [-0.2, 0) is 9.47 Å². The summed E-state index contributed by atoms with van der Waals surface area (Å²) < 4.78 is 11.4. The summed E-state index contributed by atoms with van der Waals surface area (Å²) in [5.41, 5.74) is 0. The van der Waals surface area contributed by atoms with Crippen LogP contribution in [0.2, 0.25) is 0 Å². The van der Waals surface area contributed by atoms with E-state index in [9.17, 15) is 0 Å². The van der Waals surface area contributed by atoms with E-state index < -0.39 is 5.79 Å². The predicted octanol–water partition coefficient (Wildman–Crippen LogP) is 2.38. The molecule has 82 valence electrons. The second-order valence-electron chi connectivity index (χ2n) is 3.74. The largest absolute Gasteiger partial charge is 0.458 e. The molecule has 2 aliphatic heterocycles. The zero-order valence-corrected chi connectivity index (χ0v) is 9.38. The van der Waals surface area contributed by atoms with Gasteiger partial charge in [0.25, 0.3) is 0 Å². The second-order valence-corrected chi connectivity index (χ2v) is 3.74. The molecular weight excluding hydrogens is 200 g/mol. The van der Waals surface area contributed by atoms with Gasteiger partial charge in [-0.3, -0.25) is 0 Å². The van der Waals surface area contributed by atoms with Crippen molar-refractivity contribution < 1.29 is 9.47 Å². The number of rotatable bonds is 0. The number of allylic oxidation sites excluding steroid dienone is 2. The highest BCUT2D eigenvalue weighted by Gasteiger charge is 2.36. The summed E-state index contributed by atoms with van der Waals surface area (Å²) in [6, 6.07) is 0. The Morgan fingerprint density at radius 3 is 3.06 bits per heavy atom. The molecule has 2 aliphatic rings. The van der Waals surface area contributed by atoms with E-state index in [1.165, 1.54) is 0 Å². The van der Waals surface area contributed by atoms with Crippen molar-refractivity contribution >= 4 is 0 Å². The molecule has 0 aliphatic carbocycles. The van der Waals surface area contributed by atoms with E-state index in [1.54, 1.807) is 13.0 Å². The molecule has 0 aromatic carbocycles. The zero-order chi connectivity index (χ0) is 11.3. The average molecular weight is 214 g/mol. The molecule has 16 heavy (non-hydrogen) atoms. The first-order chi connectivity index (χ1) is 7.85. The fourth-order valence-electron chi connectivity index (χ4n) is 1.76. The summed E-state index contributed by atoms with van der Waals surface area (Å²) >= 11 is 0. The molecule has 2 rings (SSSR count). The van der Waals surface area contributed by atoms with Crippen LogP contribution in [0.3, 0.4) is 0 Å². The molecular formula is C14H14O2. The summed E-state index contributed by atoms with van der Waals surface area (Å²) in [5.74, 6) is 11.2. The summed E-state index contributed by atoms with van der Waals surface area (Å²) in [4.78, 5) is 0. The van der Waals surface area contributed by atoms with Gasteiger partial charge in [-0.25, -0.2) is 0 Å². The molecule has 1 fully saturated rings. The summed E-state index contributed by atoms with van der Waals surface area (Å²) in [7, 11) is 0. The van der Waals surface area contributed by atoms with Gasteiger partial charge in [-0.2, -0.15) is 0 Å². The standard InChI is InChI=1S/C14H14O2/c1-2-3-4-5-8-13-9-11-14(16-13)10-6-7-12-15-14/h8-9,11H,6-7,10,12H2,1H3/b13-8+/t14-/m0/s1. The van der Waals surface area contributed by atoms with Gasteiger partial charge >= 0.3 is 0 Å². The molecule has 0 aromatic heterocycles. The highest BCUT2D eigenvalue weighted by molar-refractivity contribution is 5.35. The molecule has 0 unspecified atom stereocenters. The first kappa shape index (κ1) is 10.9. The van der Waals surface area contributed by atoms with Crippen LogP contribution in [0, 0.1) is 23.7 Å². The molecule has 0 saturated carbocycles. The van der Waals surface area contributed by atoms with Crippen molar-refractivity contribution in [2.24, 2.45) is 0 Å². The Morgan fingerprint density at radius 2 is 2.31 bits per heavy atom. The normalized spacial score (nSPS) is 29.2. The minimum atomic E-state index is -0.512. The predicted molar refractivity (Wildman–Crippen MR) is 62.1 cm³/mol. The van der Waals surface area contributed by atoms with Crippen molar-refractivity contribution in [3.63, 3.8) is 0 Å². The lowest BCUT2D eigenvalue weighted by molar-refractivity contribution is -0.191. The van der Waals surface area contributed by atoms with E-state index in [-0.39, 0.29) is 0 Å². The van der Waals surface area contributed by atoms with Gasteiger partial charge in [0.1, 0.15) is 5.76 Å². The number of hydrogen-bond donors (Lipinski definition) is 0. The van der Waals surface area contributed by atoms with E-state index in [2.05, 4.69) is 23.7 Å². The van der Waals surface area contributed by atoms with Crippen LogP contribution in [0.4, 0.5) is 0 Å². The Bertz CT molecular complexity index is 429. The highest BCUT2D eigenvalue weighted by Crippen LogP contribution is 2.34. The fraction of sp³-hybridized carbons (Fsp3) is 0.429. The molecule has 2 heterocycles. The second kappa shape index (κ2) is 4.92. The van der Waals surface area contributed by atoms with Crippen LogP contribution in [0.15, 0.2) is 24.0 Å². The van der Waals surface area contributed by atoms with Gasteiger partial charge < -0.3 is 9.47 Å². The maximum absolute atomic E-state index is 5.75. The van der Waals surface area contributed by atoms with Gasteiger partial charge in [0.05, 0.1) is 6.61 Å². The van der Waals surface area contributed by atoms with Gasteiger partial charge in [-0.15, -0.1) is 0 Å². The third kappa shape index (κ3) is 2.48. The third-order valence-electron chi connectivity index (χ3n) is 2.53. The SMILES string of the molecule is CC#CC#C/C=C1\C=C[C@]2(CCCCO2)O1. The Hall–Kier alpha value is -1.64. The molecule has 1 saturated heterocycles. The zero-order valence-electron chi connectivity index (χ0n) is 9.38. The maximum atomic E-state index is 5.75. The van der Waals surface area contributed by atoms with Crippen LogP contribution in [0.1, 0.15) is 26.2 Å². The Kier molecular flexibility index (Phi) is 3.34. The molecule has 0 N–H and O–H groups in total. The molecule has 1 atom stereocenters. The highest BCUT2D eigenvalue weighted by atomic mass is 16.7. The van der Waals surface area contributed by atoms with Gasteiger partial charge in [0.2, 0.25) is 5.79 Å². The summed E-state index contributed by atoms with van der Waals surface area (Å²) in [6.45, 7) is 2.53. The van der Waals surface area contributed by atoms with Gasteiger partial charge in [-0.05, 0) is 43.8 Å². The number of ether oxygens (including phenoxy) is 2. The van der Waals surface area contributed by atoms with E-state index in [0.717, 1.165) is 31.6 Å². The molecule has 0 aromatic rings. The lowest BCUT2D eigenvalue weighted by Crippen LogP contribution is -2.34. The average Bonchev–Trinajstić information content (AvgIpc) is 2.69. The Labute approximate surface area is 96.3 Å². The van der Waals surface area contributed by atoms with Crippen molar-refractivity contribution in [2.75, 3.05) is 6.61 Å². The smallest absolute Gasteiger partial charge is 0.230 e. The molecule has 1 spiro atoms. The molecule has 0 amide bonds. The topological polar surface area (TPSA) is 18.5 Å². The van der Waals surface area contributed by atoms with E-state index >= 15 is 0 Å². The molecule has 0 radical (unpaired) electrons. The third-order valence-corrected chi connectivity index (χ3v) is 2.53. The Morgan fingerprint density at radius 1 is 1.38 bits per heavy atom. The quantitative estimate of drug-likeness (QED) is 0.576. The Balaban J connectivity index is 2.00. The molecule has 2 heteroatoms. The van der Waals surface area contributed by atoms with Crippen molar-refractivity contribution in [2.45, 2.75) is 32.0 Å². The van der Waals surface area contributed by atoms with Crippen molar-refractivity contribution in [3.8, 4) is 23.7 Å². The minimum absolute atomic E-state index is 0.512. The molecule has 2 nitrogen and oxygen atoms in total. The lowest BCUT2D eigenvalue weighted by atomic mass is 10.1. The first-order valence-electron chi connectivity index (χ1n) is 5.49. The van der Waals surface area contributed by atoms with Crippen molar-refractivity contribution in [1.82, 2.24) is 0 Å². The van der Waals surface area contributed by atoms with Gasteiger partial charge in [-0.1, -0.05) is 11.8 Å². The minimum Gasteiger partial charge on any atom is -0.458 e. The van der Waals surface area contributed by atoms with Crippen LogP contribution < -0.4 is 0 Å². The van der Waals surface area contributed by atoms with Crippen LogP contribution in [-0.4, -0.2) is 12.4 Å². The van der Waals surface area contributed by atoms with Gasteiger partial charge in [0.15, 0.2) is 0 Å². The summed E-state index contributed by atoms with van der Waals surface area (Å²) in [5, 5.41) is 0. The van der Waals surface area contributed by atoms with Crippen LogP contribution in [0.25, 0.3) is 0 Å². The van der Waals surface area contributed by atoms with Crippen LogP contribution >= 0.6 is 0 Å². The monoisotopic (exact) mass is 214 g/mol. The van der Waals surface area contributed by atoms with Crippen LogP contribution in [0.5, 0.6) is 0 Å². The number of hydrogen-bond acceptors (Lipinski definition) is 2. The summed E-state index contributed by atoms with van der Waals surface area (Å²) in [6.07, 6.45) is 8.80. The van der Waals surface area contributed by atoms with Crippen molar-refractivity contribution in [3.05, 3.63) is 24.0 Å².